The number of rotatable bonds is 4. The number of aromatic nitrogens is 1. The normalized spacial score (nSPS) is 18.3. The second-order valence-corrected chi connectivity index (χ2v) is 5.18. The molecule has 1 aromatic heterocycles. The van der Waals surface area contributed by atoms with Crippen LogP contribution in [0.25, 0.3) is 0 Å². The molecule has 1 fully saturated rings. The molecule has 1 aliphatic heterocycles. The van der Waals surface area contributed by atoms with E-state index >= 15 is 0 Å². The second-order valence-electron chi connectivity index (χ2n) is 4.20. The predicted octanol–water partition coefficient (Wildman–Crippen LogP) is 2.00. The average molecular weight is 262 g/mol. The fraction of sp³-hybridized carbons (Fsp3) is 0.727. The number of likely N-dealkylation sites (tertiary alicyclic amines) is 1. The summed E-state index contributed by atoms with van der Waals surface area (Å²) in [7, 11) is 2.04. The highest BCUT2D eigenvalue weighted by atomic mass is 35.5. The minimum atomic E-state index is 0. The highest BCUT2D eigenvalue weighted by molar-refractivity contribution is 7.09. The Balaban J connectivity index is 0.00000128. The maximum atomic E-state index is 4.33. The maximum absolute atomic E-state index is 4.33. The van der Waals surface area contributed by atoms with Gasteiger partial charge in [0.05, 0.1) is 6.54 Å². The number of hydrogen-bond donors (Lipinski definition) is 1. The Kier molecular flexibility index (Phi) is 6.28. The lowest BCUT2D eigenvalue weighted by atomic mass is 9.97. The third-order valence-corrected chi connectivity index (χ3v) is 3.81. The van der Waals surface area contributed by atoms with Crippen LogP contribution >= 0.6 is 23.7 Å². The first-order valence-electron chi connectivity index (χ1n) is 5.64. The van der Waals surface area contributed by atoms with Crippen molar-refractivity contribution in [1.29, 1.82) is 0 Å². The Morgan fingerprint density at radius 1 is 1.50 bits per heavy atom. The molecule has 0 aliphatic carbocycles. The van der Waals surface area contributed by atoms with Crippen molar-refractivity contribution in [3.05, 3.63) is 16.6 Å². The van der Waals surface area contributed by atoms with Crippen LogP contribution in [0.1, 0.15) is 17.8 Å². The highest BCUT2D eigenvalue weighted by Crippen LogP contribution is 2.18. The summed E-state index contributed by atoms with van der Waals surface area (Å²) in [4.78, 5) is 6.85. The van der Waals surface area contributed by atoms with Crippen LogP contribution in [0.4, 0.5) is 0 Å². The van der Waals surface area contributed by atoms with Crippen molar-refractivity contribution in [2.75, 3.05) is 26.7 Å². The zero-order chi connectivity index (χ0) is 10.5. The lowest BCUT2D eigenvalue weighted by molar-refractivity contribution is 0.176. The van der Waals surface area contributed by atoms with Crippen molar-refractivity contribution in [1.82, 2.24) is 15.2 Å². The molecule has 0 atom stereocenters. The number of hydrogen-bond acceptors (Lipinski definition) is 4. The standard InChI is InChI=1S/C11H19N3S.ClH/c1-12-8-10-2-5-14(6-3-10)9-11-13-4-7-15-11;/h4,7,10,12H,2-3,5-6,8-9H2,1H3;1H. The molecule has 2 heterocycles. The molecule has 0 aromatic carbocycles. The summed E-state index contributed by atoms with van der Waals surface area (Å²) in [6, 6.07) is 0. The van der Waals surface area contributed by atoms with Crippen LogP contribution in [-0.4, -0.2) is 36.6 Å². The van der Waals surface area contributed by atoms with E-state index < -0.39 is 0 Å². The number of nitrogens with one attached hydrogen (secondary N) is 1. The van der Waals surface area contributed by atoms with Gasteiger partial charge in [-0.1, -0.05) is 0 Å². The number of piperidine rings is 1. The Labute approximate surface area is 108 Å². The zero-order valence-electron chi connectivity index (χ0n) is 9.69. The summed E-state index contributed by atoms with van der Waals surface area (Å²) in [6.07, 6.45) is 4.55. The van der Waals surface area contributed by atoms with Gasteiger partial charge in [-0.15, -0.1) is 23.7 Å². The van der Waals surface area contributed by atoms with Crippen molar-refractivity contribution in [3.8, 4) is 0 Å². The number of halogens is 1. The van der Waals surface area contributed by atoms with E-state index in [1.807, 2.05) is 13.2 Å². The molecule has 0 unspecified atom stereocenters. The van der Waals surface area contributed by atoms with Gasteiger partial charge in [-0.25, -0.2) is 4.98 Å². The van der Waals surface area contributed by atoms with Crippen LogP contribution in [0.2, 0.25) is 0 Å². The van der Waals surface area contributed by atoms with Crippen LogP contribution in [0.5, 0.6) is 0 Å². The Morgan fingerprint density at radius 2 is 2.25 bits per heavy atom. The van der Waals surface area contributed by atoms with Gasteiger partial charge in [0, 0.05) is 11.6 Å². The van der Waals surface area contributed by atoms with E-state index in [-0.39, 0.29) is 12.4 Å². The van der Waals surface area contributed by atoms with Crippen LogP contribution in [0.15, 0.2) is 11.6 Å². The van der Waals surface area contributed by atoms with E-state index in [9.17, 15) is 0 Å². The van der Waals surface area contributed by atoms with Crippen molar-refractivity contribution < 1.29 is 0 Å². The third kappa shape index (κ3) is 4.01. The largest absolute Gasteiger partial charge is 0.319 e. The summed E-state index contributed by atoms with van der Waals surface area (Å²) in [5.74, 6) is 0.877. The molecule has 1 saturated heterocycles. The number of thiazole rings is 1. The minimum Gasteiger partial charge on any atom is -0.319 e. The van der Waals surface area contributed by atoms with Gasteiger partial charge in [-0.3, -0.25) is 4.90 Å². The molecule has 2 rings (SSSR count). The lowest BCUT2D eigenvalue weighted by Crippen LogP contribution is -2.36. The topological polar surface area (TPSA) is 28.2 Å². The molecule has 1 aliphatic rings. The van der Waals surface area contributed by atoms with Gasteiger partial charge in [0.1, 0.15) is 5.01 Å². The molecular weight excluding hydrogens is 242 g/mol. The van der Waals surface area contributed by atoms with E-state index in [0.29, 0.717) is 0 Å². The SMILES string of the molecule is CNCC1CCN(Cc2nccs2)CC1.Cl. The summed E-state index contributed by atoms with van der Waals surface area (Å²) < 4.78 is 0. The van der Waals surface area contributed by atoms with Crippen molar-refractivity contribution >= 4 is 23.7 Å². The van der Waals surface area contributed by atoms with Gasteiger partial charge >= 0.3 is 0 Å². The molecule has 5 heteroatoms. The first kappa shape index (κ1) is 13.9. The summed E-state index contributed by atoms with van der Waals surface area (Å²) in [5.41, 5.74) is 0. The number of nitrogens with zero attached hydrogens (tertiary/aromatic N) is 2. The summed E-state index contributed by atoms with van der Waals surface area (Å²) >= 11 is 1.76. The fourth-order valence-electron chi connectivity index (χ4n) is 2.16. The molecule has 1 aromatic rings. The first-order chi connectivity index (χ1) is 7.38. The van der Waals surface area contributed by atoms with Crippen LogP contribution < -0.4 is 5.32 Å². The van der Waals surface area contributed by atoms with Crippen LogP contribution in [0.3, 0.4) is 0 Å². The van der Waals surface area contributed by atoms with E-state index in [0.717, 1.165) is 12.5 Å². The summed E-state index contributed by atoms with van der Waals surface area (Å²) in [5, 5.41) is 6.58. The van der Waals surface area contributed by atoms with E-state index in [2.05, 4.69) is 20.6 Å². The maximum Gasteiger partial charge on any atom is 0.107 e. The summed E-state index contributed by atoms with van der Waals surface area (Å²) in [6.45, 7) is 4.67. The lowest BCUT2D eigenvalue weighted by Gasteiger charge is -2.31. The van der Waals surface area contributed by atoms with Crippen LogP contribution in [-0.2, 0) is 6.54 Å². The molecule has 0 amide bonds. The molecule has 0 spiro atoms. The van der Waals surface area contributed by atoms with E-state index in [4.69, 9.17) is 0 Å². The van der Waals surface area contributed by atoms with Crippen molar-refractivity contribution in [3.63, 3.8) is 0 Å². The quantitative estimate of drug-likeness (QED) is 0.899. The predicted molar refractivity (Wildman–Crippen MR) is 71.3 cm³/mol. The third-order valence-electron chi connectivity index (χ3n) is 3.04. The van der Waals surface area contributed by atoms with Gasteiger partial charge < -0.3 is 5.32 Å². The monoisotopic (exact) mass is 261 g/mol. The Morgan fingerprint density at radius 3 is 2.81 bits per heavy atom. The smallest absolute Gasteiger partial charge is 0.107 e. The Bertz CT molecular complexity index is 271. The molecular formula is C11H20ClN3S. The molecule has 0 bridgehead atoms. The van der Waals surface area contributed by atoms with Gasteiger partial charge in [-0.05, 0) is 45.4 Å². The average Bonchev–Trinajstić information content (AvgIpc) is 2.74. The molecule has 0 saturated carbocycles. The molecule has 92 valence electrons. The van der Waals surface area contributed by atoms with E-state index in [1.165, 1.54) is 37.5 Å². The van der Waals surface area contributed by atoms with E-state index in [1.54, 1.807) is 11.3 Å². The fourth-order valence-corrected chi connectivity index (χ4v) is 2.82. The Hall–Kier alpha value is -0.160. The first-order valence-corrected chi connectivity index (χ1v) is 6.52. The molecule has 0 radical (unpaired) electrons. The van der Waals surface area contributed by atoms with Gasteiger partial charge in [-0.2, -0.15) is 0 Å². The molecule has 16 heavy (non-hydrogen) atoms. The van der Waals surface area contributed by atoms with Crippen LogP contribution in [0, 0.1) is 5.92 Å². The molecule has 3 nitrogen and oxygen atoms in total. The van der Waals surface area contributed by atoms with Gasteiger partial charge in [0.2, 0.25) is 0 Å². The van der Waals surface area contributed by atoms with Crippen molar-refractivity contribution in [2.24, 2.45) is 5.92 Å². The van der Waals surface area contributed by atoms with Crippen molar-refractivity contribution in [2.45, 2.75) is 19.4 Å². The zero-order valence-corrected chi connectivity index (χ0v) is 11.3. The van der Waals surface area contributed by atoms with Gasteiger partial charge in [0.15, 0.2) is 0 Å². The van der Waals surface area contributed by atoms with Gasteiger partial charge in [0.25, 0.3) is 0 Å². The highest BCUT2D eigenvalue weighted by Gasteiger charge is 2.18. The molecule has 1 N–H and O–H groups in total. The second kappa shape index (κ2) is 7.22. The minimum absolute atomic E-state index is 0.